The molecule has 0 spiro atoms. The van der Waals surface area contributed by atoms with Crippen molar-refractivity contribution in [2.75, 3.05) is 19.6 Å². The van der Waals surface area contributed by atoms with Crippen LogP contribution in [0.25, 0.3) is 0 Å². The van der Waals surface area contributed by atoms with Crippen LogP contribution in [0, 0.1) is 0 Å². The highest BCUT2D eigenvalue weighted by molar-refractivity contribution is 6.29. The lowest BCUT2D eigenvalue weighted by Crippen LogP contribution is -2.42. The van der Waals surface area contributed by atoms with E-state index in [1.54, 1.807) is 6.07 Å². The molecule has 2 N–H and O–H groups in total. The normalized spacial score (nSPS) is 23.0. The average Bonchev–Trinajstić information content (AvgIpc) is 2.19. The molecule has 70 valence electrons. The maximum absolute atomic E-state index is 5.80. The van der Waals surface area contributed by atoms with Crippen LogP contribution in [0.2, 0.25) is 5.15 Å². The van der Waals surface area contributed by atoms with E-state index in [0.717, 1.165) is 25.3 Å². The number of rotatable bonds is 1. The largest absolute Gasteiger partial charge is 0.314 e. The van der Waals surface area contributed by atoms with Crippen LogP contribution in [-0.4, -0.2) is 24.6 Å². The predicted molar refractivity (Wildman–Crippen MR) is 52.9 cm³/mol. The standard InChI is InChI=1S/C9H12ClN3/c10-9-3-1-2-7(13-9)8-6-11-4-5-12-8/h1-3,8,11-12H,4-6H2/t8-/m0/s1. The van der Waals surface area contributed by atoms with E-state index in [9.17, 15) is 0 Å². The molecule has 2 heterocycles. The van der Waals surface area contributed by atoms with Gasteiger partial charge in [-0.3, -0.25) is 0 Å². The van der Waals surface area contributed by atoms with Crippen LogP contribution in [0.1, 0.15) is 11.7 Å². The van der Waals surface area contributed by atoms with Gasteiger partial charge < -0.3 is 10.6 Å². The van der Waals surface area contributed by atoms with Crippen molar-refractivity contribution >= 4 is 11.6 Å². The summed E-state index contributed by atoms with van der Waals surface area (Å²) >= 11 is 5.80. The van der Waals surface area contributed by atoms with E-state index in [4.69, 9.17) is 11.6 Å². The van der Waals surface area contributed by atoms with Crippen LogP contribution in [0.15, 0.2) is 18.2 Å². The van der Waals surface area contributed by atoms with E-state index in [-0.39, 0.29) is 0 Å². The van der Waals surface area contributed by atoms with E-state index in [1.165, 1.54) is 0 Å². The fraction of sp³-hybridized carbons (Fsp3) is 0.444. The SMILES string of the molecule is Clc1cccc([C@@H]2CNCCN2)n1. The summed E-state index contributed by atoms with van der Waals surface area (Å²) in [5, 5.41) is 7.25. The molecule has 0 radical (unpaired) electrons. The van der Waals surface area contributed by atoms with Gasteiger partial charge in [0, 0.05) is 19.6 Å². The van der Waals surface area contributed by atoms with Gasteiger partial charge in [-0.1, -0.05) is 17.7 Å². The van der Waals surface area contributed by atoms with Crippen molar-refractivity contribution in [3.05, 3.63) is 29.0 Å². The summed E-state index contributed by atoms with van der Waals surface area (Å²) < 4.78 is 0. The first-order chi connectivity index (χ1) is 6.36. The Labute approximate surface area is 82.5 Å². The molecule has 3 nitrogen and oxygen atoms in total. The Hall–Kier alpha value is -0.640. The molecule has 1 saturated heterocycles. The predicted octanol–water partition coefficient (Wildman–Crippen LogP) is 0.969. The minimum Gasteiger partial charge on any atom is -0.314 e. The fourth-order valence-electron chi connectivity index (χ4n) is 1.48. The van der Waals surface area contributed by atoms with Crippen LogP contribution in [0.5, 0.6) is 0 Å². The molecule has 1 aromatic heterocycles. The Kier molecular flexibility index (Phi) is 2.78. The molecule has 0 bridgehead atoms. The molecule has 0 saturated carbocycles. The molecule has 1 atom stereocenters. The number of nitrogens with zero attached hydrogens (tertiary/aromatic N) is 1. The molecule has 0 aromatic carbocycles. The summed E-state index contributed by atoms with van der Waals surface area (Å²) in [4.78, 5) is 4.26. The first-order valence-corrected chi connectivity index (χ1v) is 4.80. The van der Waals surface area contributed by atoms with E-state index in [0.29, 0.717) is 11.2 Å². The quantitative estimate of drug-likeness (QED) is 0.659. The molecule has 2 rings (SSSR count). The molecular formula is C9H12ClN3. The van der Waals surface area contributed by atoms with Crippen molar-refractivity contribution in [2.24, 2.45) is 0 Å². The molecule has 0 unspecified atom stereocenters. The maximum Gasteiger partial charge on any atom is 0.129 e. The summed E-state index contributed by atoms with van der Waals surface area (Å²) in [6, 6.07) is 6.02. The van der Waals surface area contributed by atoms with E-state index in [1.807, 2.05) is 12.1 Å². The van der Waals surface area contributed by atoms with Crippen molar-refractivity contribution in [3.8, 4) is 0 Å². The van der Waals surface area contributed by atoms with Gasteiger partial charge in [-0.05, 0) is 12.1 Å². The van der Waals surface area contributed by atoms with Crippen molar-refractivity contribution in [1.29, 1.82) is 0 Å². The third-order valence-corrected chi connectivity index (χ3v) is 2.35. The lowest BCUT2D eigenvalue weighted by Gasteiger charge is -2.23. The third kappa shape index (κ3) is 2.18. The van der Waals surface area contributed by atoms with E-state index in [2.05, 4.69) is 15.6 Å². The molecule has 1 aliphatic rings. The monoisotopic (exact) mass is 197 g/mol. The first-order valence-electron chi connectivity index (χ1n) is 4.43. The van der Waals surface area contributed by atoms with Gasteiger partial charge in [-0.25, -0.2) is 4.98 Å². The Morgan fingerprint density at radius 1 is 1.38 bits per heavy atom. The first kappa shape index (κ1) is 8.94. The second kappa shape index (κ2) is 4.05. The smallest absolute Gasteiger partial charge is 0.129 e. The Morgan fingerprint density at radius 2 is 2.31 bits per heavy atom. The minimum atomic E-state index is 0.299. The maximum atomic E-state index is 5.80. The third-order valence-electron chi connectivity index (χ3n) is 2.13. The van der Waals surface area contributed by atoms with Gasteiger partial charge >= 0.3 is 0 Å². The lowest BCUT2D eigenvalue weighted by atomic mass is 10.1. The highest BCUT2D eigenvalue weighted by Gasteiger charge is 2.14. The summed E-state index contributed by atoms with van der Waals surface area (Å²) in [6.45, 7) is 2.93. The number of piperazine rings is 1. The van der Waals surface area contributed by atoms with Gasteiger partial charge in [0.05, 0.1) is 11.7 Å². The number of nitrogens with one attached hydrogen (secondary N) is 2. The van der Waals surface area contributed by atoms with Crippen LogP contribution in [-0.2, 0) is 0 Å². The summed E-state index contributed by atoms with van der Waals surface area (Å²) in [5.41, 5.74) is 1.01. The zero-order valence-electron chi connectivity index (χ0n) is 7.26. The van der Waals surface area contributed by atoms with Gasteiger partial charge in [-0.2, -0.15) is 0 Å². The zero-order valence-corrected chi connectivity index (χ0v) is 8.01. The van der Waals surface area contributed by atoms with Crippen molar-refractivity contribution in [1.82, 2.24) is 15.6 Å². The molecule has 1 aliphatic heterocycles. The summed E-state index contributed by atoms with van der Waals surface area (Å²) in [7, 11) is 0. The van der Waals surface area contributed by atoms with Crippen LogP contribution in [0.3, 0.4) is 0 Å². The van der Waals surface area contributed by atoms with Gasteiger partial charge in [0.1, 0.15) is 5.15 Å². The highest BCUT2D eigenvalue weighted by atomic mass is 35.5. The molecule has 0 amide bonds. The lowest BCUT2D eigenvalue weighted by molar-refractivity contribution is 0.423. The number of hydrogen-bond donors (Lipinski definition) is 2. The number of aromatic nitrogens is 1. The van der Waals surface area contributed by atoms with Crippen molar-refractivity contribution in [2.45, 2.75) is 6.04 Å². The number of halogens is 1. The van der Waals surface area contributed by atoms with Gasteiger partial charge in [0.15, 0.2) is 0 Å². The summed E-state index contributed by atoms with van der Waals surface area (Å²) in [6.07, 6.45) is 0. The molecule has 4 heteroatoms. The minimum absolute atomic E-state index is 0.299. The number of pyridine rings is 1. The second-order valence-electron chi connectivity index (χ2n) is 3.10. The topological polar surface area (TPSA) is 37.0 Å². The van der Waals surface area contributed by atoms with Gasteiger partial charge in [-0.15, -0.1) is 0 Å². The molecule has 13 heavy (non-hydrogen) atoms. The Bertz CT molecular complexity index is 284. The van der Waals surface area contributed by atoms with Crippen LogP contribution < -0.4 is 10.6 Å². The molecule has 1 aromatic rings. The van der Waals surface area contributed by atoms with Gasteiger partial charge in [0.2, 0.25) is 0 Å². The average molecular weight is 198 g/mol. The van der Waals surface area contributed by atoms with Crippen LogP contribution >= 0.6 is 11.6 Å². The fourth-order valence-corrected chi connectivity index (χ4v) is 1.65. The van der Waals surface area contributed by atoms with Crippen molar-refractivity contribution < 1.29 is 0 Å². The highest BCUT2D eigenvalue weighted by Crippen LogP contribution is 2.13. The van der Waals surface area contributed by atoms with E-state index >= 15 is 0 Å². The number of hydrogen-bond acceptors (Lipinski definition) is 3. The van der Waals surface area contributed by atoms with E-state index < -0.39 is 0 Å². The van der Waals surface area contributed by atoms with Crippen LogP contribution in [0.4, 0.5) is 0 Å². The second-order valence-corrected chi connectivity index (χ2v) is 3.48. The summed E-state index contributed by atoms with van der Waals surface area (Å²) in [5.74, 6) is 0. The molecule has 1 fully saturated rings. The van der Waals surface area contributed by atoms with Gasteiger partial charge in [0.25, 0.3) is 0 Å². The molecule has 0 aliphatic carbocycles. The Balaban J connectivity index is 2.14. The zero-order chi connectivity index (χ0) is 9.10. The Morgan fingerprint density at radius 3 is 3.00 bits per heavy atom. The van der Waals surface area contributed by atoms with Crippen molar-refractivity contribution in [3.63, 3.8) is 0 Å². The molecular weight excluding hydrogens is 186 g/mol.